The number of piperazine rings is 1. The van der Waals surface area contributed by atoms with E-state index in [2.05, 4.69) is 70.5 Å². The highest BCUT2D eigenvalue weighted by atomic mass is 35.5. The summed E-state index contributed by atoms with van der Waals surface area (Å²) in [6.45, 7) is 4.91. The summed E-state index contributed by atoms with van der Waals surface area (Å²) in [5.74, 6) is 0.0592. The van der Waals surface area contributed by atoms with Gasteiger partial charge < -0.3 is 4.90 Å². The minimum Gasteiger partial charge on any atom is -0.335 e. The van der Waals surface area contributed by atoms with Crippen molar-refractivity contribution in [3.63, 3.8) is 0 Å². The number of aromatic nitrogens is 1. The molecule has 1 aliphatic heterocycles. The third-order valence-corrected chi connectivity index (χ3v) is 7.80. The Morgan fingerprint density at radius 1 is 0.853 bits per heavy atom. The Hall–Kier alpha value is -2.99. The van der Waals surface area contributed by atoms with E-state index in [-0.39, 0.29) is 11.9 Å². The summed E-state index contributed by atoms with van der Waals surface area (Å²) in [6, 6.07) is 29.0. The fourth-order valence-corrected chi connectivity index (χ4v) is 5.91. The summed E-state index contributed by atoms with van der Waals surface area (Å²) < 4.78 is 0. The van der Waals surface area contributed by atoms with Crippen LogP contribution in [0, 0.1) is 6.92 Å². The standard InChI is InChI=1S/C28H26ClN3OS/c1-20-26(34-27(30-20)23-14-8-9-15-24(23)29)28(33)32-18-16-31(17-19-32)25(21-10-4-2-5-11-21)22-12-6-3-7-13-22/h2-15,25H,16-19H2,1H3. The van der Waals surface area contributed by atoms with Gasteiger partial charge in [-0.05, 0) is 24.1 Å². The van der Waals surface area contributed by atoms with E-state index in [0.717, 1.165) is 29.4 Å². The SMILES string of the molecule is Cc1nc(-c2ccccc2Cl)sc1C(=O)N1CCN(C(c2ccccc2)c2ccccc2)CC1. The minimum atomic E-state index is 0.0592. The van der Waals surface area contributed by atoms with Crippen LogP contribution in [0.3, 0.4) is 0 Å². The summed E-state index contributed by atoms with van der Waals surface area (Å²) in [4.78, 5) is 23.2. The van der Waals surface area contributed by atoms with Gasteiger partial charge in [0.25, 0.3) is 5.91 Å². The molecule has 0 bridgehead atoms. The largest absolute Gasteiger partial charge is 0.335 e. The zero-order chi connectivity index (χ0) is 23.5. The van der Waals surface area contributed by atoms with Gasteiger partial charge in [-0.25, -0.2) is 4.98 Å². The molecule has 0 spiro atoms. The Morgan fingerprint density at radius 2 is 1.41 bits per heavy atom. The van der Waals surface area contributed by atoms with E-state index in [1.165, 1.54) is 22.5 Å². The van der Waals surface area contributed by atoms with Gasteiger partial charge in [-0.3, -0.25) is 9.69 Å². The van der Waals surface area contributed by atoms with Crippen molar-refractivity contribution in [3.05, 3.63) is 112 Å². The van der Waals surface area contributed by atoms with Gasteiger partial charge in [-0.1, -0.05) is 90.5 Å². The highest BCUT2D eigenvalue weighted by Gasteiger charge is 2.30. The molecule has 0 radical (unpaired) electrons. The molecular formula is C28H26ClN3OS. The molecule has 0 N–H and O–H groups in total. The van der Waals surface area contributed by atoms with Crippen molar-refractivity contribution in [2.24, 2.45) is 0 Å². The highest BCUT2D eigenvalue weighted by Crippen LogP contribution is 2.34. The van der Waals surface area contributed by atoms with Crippen LogP contribution in [0.1, 0.15) is 32.5 Å². The lowest BCUT2D eigenvalue weighted by atomic mass is 9.96. The van der Waals surface area contributed by atoms with E-state index in [1.807, 2.05) is 36.1 Å². The summed E-state index contributed by atoms with van der Waals surface area (Å²) in [7, 11) is 0. The molecule has 1 aromatic heterocycles. The van der Waals surface area contributed by atoms with Crippen molar-refractivity contribution in [3.8, 4) is 10.6 Å². The Balaban J connectivity index is 1.33. The molecule has 0 aliphatic carbocycles. The average Bonchev–Trinajstić information content (AvgIpc) is 3.27. The number of hydrogen-bond acceptors (Lipinski definition) is 4. The lowest BCUT2D eigenvalue weighted by Gasteiger charge is -2.39. The van der Waals surface area contributed by atoms with Crippen molar-refractivity contribution in [1.82, 2.24) is 14.8 Å². The first-order valence-corrected chi connectivity index (χ1v) is 12.7. The molecule has 172 valence electrons. The van der Waals surface area contributed by atoms with Crippen LogP contribution < -0.4 is 0 Å². The lowest BCUT2D eigenvalue weighted by Crippen LogP contribution is -2.49. The predicted molar refractivity (Wildman–Crippen MR) is 140 cm³/mol. The maximum Gasteiger partial charge on any atom is 0.265 e. The smallest absolute Gasteiger partial charge is 0.265 e. The topological polar surface area (TPSA) is 36.4 Å². The predicted octanol–water partition coefficient (Wildman–Crippen LogP) is 6.32. The van der Waals surface area contributed by atoms with E-state index in [1.54, 1.807) is 0 Å². The van der Waals surface area contributed by atoms with E-state index >= 15 is 0 Å². The van der Waals surface area contributed by atoms with Gasteiger partial charge in [0.2, 0.25) is 0 Å². The summed E-state index contributed by atoms with van der Waals surface area (Å²) >= 11 is 7.79. The molecule has 4 nitrogen and oxygen atoms in total. The summed E-state index contributed by atoms with van der Waals surface area (Å²) in [5, 5.41) is 1.44. The van der Waals surface area contributed by atoms with Crippen molar-refractivity contribution in [1.29, 1.82) is 0 Å². The number of halogens is 1. The van der Waals surface area contributed by atoms with Gasteiger partial charge in [0.15, 0.2) is 0 Å². The van der Waals surface area contributed by atoms with E-state index in [9.17, 15) is 4.79 Å². The van der Waals surface area contributed by atoms with Gasteiger partial charge in [0, 0.05) is 31.7 Å². The Kier molecular flexibility index (Phi) is 6.77. The second kappa shape index (κ2) is 10.1. The fourth-order valence-electron chi connectivity index (χ4n) is 4.56. The molecule has 0 saturated carbocycles. The second-order valence-corrected chi connectivity index (χ2v) is 9.87. The van der Waals surface area contributed by atoms with Gasteiger partial charge in [0.05, 0.1) is 16.8 Å². The number of nitrogens with zero attached hydrogens (tertiary/aromatic N) is 3. The number of hydrogen-bond donors (Lipinski definition) is 0. The number of amides is 1. The molecule has 1 aliphatic rings. The third kappa shape index (κ3) is 4.64. The van der Waals surface area contributed by atoms with Gasteiger partial charge in [0.1, 0.15) is 9.88 Å². The molecule has 4 aromatic rings. The quantitative estimate of drug-likeness (QED) is 0.330. The molecule has 5 rings (SSSR count). The Morgan fingerprint density at radius 3 is 2.00 bits per heavy atom. The number of aryl methyl sites for hydroxylation is 1. The number of carbonyl (C=O) groups excluding carboxylic acids is 1. The molecule has 34 heavy (non-hydrogen) atoms. The molecule has 1 fully saturated rings. The third-order valence-electron chi connectivity index (χ3n) is 6.29. The molecule has 0 atom stereocenters. The van der Waals surface area contributed by atoms with Crippen molar-refractivity contribution in [2.45, 2.75) is 13.0 Å². The van der Waals surface area contributed by atoms with Crippen LogP contribution >= 0.6 is 22.9 Å². The van der Waals surface area contributed by atoms with E-state index in [4.69, 9.17) is 11.6 Å². The van der Waals surface area contributed by atoms with Crippen molar-refractivity contribution >= 4 is 28.8 Å². The number of rotatable bonds is 5. The van der Waals surface area contributed by atoms with Crippen LogP contribution in [-0.2, 0) is 0 Å². The monoisotopic (exact) mass is 487 g/mol. The maximum atomic E-state index is 13.4. The van der Waals surface area contributed by atoms with Gasteiger partial charge in [-0.2, -0.15) is 0 Å². The zero-order valence-electron chi connectivity index (χ0n) is 19.0. The maximum absolute atomic E-state index is 13.4. The highest BCUT2D eigenvalue weighted by molar-refractivity contribution is 7.17. The second-order valence-electron chi connectivity index (χ2n) is 8.47. The molecule has 3 aromatic carbocycles. The van der Waals surface area contributed by atoms with Gasteiger partial charge in [-0.15, -0.1) is 11.3 Å². The van der Waals surface area contributed by atoms with E-state index < -0.39 is 0 Å². The molecule has 6 heteroatoms. The molecule has 1 amide bonds. The fraction of sp³-hybridized carbons (Fsp3) is 0.214. The Bertz CT molecular complexity index is 1230. The van der Waals surface area contributed by atoms with Crippen LogP contribution in [0.2, 0.25) is 5.02 Å². The first-order chi connectivity index (χ1) is 16.6. The van der Waals surface area contributed by atoms with Crippen LogP contribution in [-0.4, -0.2) is 46.9 Å². The minimum absolute atomic E-state index is 0.0592. The molecular weight excluding hydrogens is 462 g/mol. The lowest BCUT2D eigenvalue weighted by molar-refractivity contribution is 0.0601. The number of thiazole rings is 1. The molecule has 2 heterocycles. The summed E-state index contributed by atoms with van der Waals surface area (Å²) in [6.07, 6.45) is 0. The molecule has 0 unspecified atom stereocenters. The van der Waals surface area contributed by atoms with Crippen molar-refractivity contribution in [2.75, 3.05) is 26.2 Å². The number of benzene rings is 3. The van der Waals surface area contributed by atoms with Crippen molar-refractivity contribution < 1.29 is 4.79 Å². The van der Waals surface area contributed by atoms with Crippen LogP contribution in [0.5, 0.6) is 0 Å². The first kappa shape index (κ1) is 22.8. The zero-order valence-corrected chi connectivity index (χ0v) is 20.6. The van der Waals surface area contributed by atoms with E-state index in [0.29, 0.717) is 23.0 Å². The van der Waals surface area contributed by atoms with Crippen LogP contribution in [0.4, 0.5) is 0 Å². The summed E-state index contributed by atoms with van der Waals surface area (Å²) in [5.41, 5.74) is 4.18. The molecule has 1 saturated heterocycles. The normalized spacial score (nSPS) is 14.5. The average molecular weight is 488 g/mol. The first-order valence-electron chi connectivity index (χ1n) is 11.5. The Labute approximate surface area is 209 Å². The van der Waals surface area contributed by atoms with Crippen LogP contribution in [0.25, 0.3) is 10.6 Å². The van der Waals surface area contributed by atoms with Crippen LogP contribution in [0.15, 0.2) is 84.9 Å². The number of carbonyl (C=O) groups is 1. The van der Waals surface area contributed by atoms with Gasteiger partial charge >= 0.3 is 0 Å².